The molecule has 0 aliphatic carbocycles. The Morgan fingerprint density at radius 2 is 1.80 bits per heavy atom. The summed E-state index contributed by atoms with van der Waals surface area (Å²) in [5.41, 5.74) is 7.16. The molecule has 3 N–H and O–H groups in total. The van der Waals surface area contributed by atoms with E-state index in [1.807, 2.05) is 26.0 Å². The number of carbonyl (C=O) groups excluding carboxylic acids is 1. The smallest absolute Gasteiger partial charge is 0.237 e. The number of nitrogens with one attached hydrogen (secondary N) is 1. The molecule has 1 aromatic carbocycles. The lowest BCUT2D eigenvalue weighted by atomic mass is 10.0. The van der Waals surface area contributed by atoms with Crippen LogP contribution in [-0.4, -0.2) is 43.6 Å². The molecule has 142 valence electrons. The molecule has 1 saturated heterocycles. The Labute approximate surface area is 157 Å². The Balaban J connectivity index is 0.00000312. The van der Waals surface area contributed by atoms with Gasteiger partial charge in [0.05, 0.1) is 19.2 Å². The van der Waals surface area contributed by atoms with Crippen molar-refractivity contribution in [3.8, 4) is 5.75 Å². The number of halogens is 1. The molecular weight excluding hydrogens is 338 g/mol. The monoisotopic (exact) mass is 369 g/mol. The quantitative estimate of drug-likeness (QED) is 0.775. The number of nitrogens with zero attached hydrogens (tertiary/aromatic N) is 1. The van der Waals surface area contributed by atoms with E-state index in [0.717, 1.165) is 18.8 Å². The van der Waals surface area contributed by atoms with Crippen molar-refractivity contribution in [2.45, 2.75) is 45.2 Å². The number of amides is 1. The minimum Gasteiger partial charge on any atom is -0.497 e. The van der Waals surface area contributed by atoms with Gasteiger partial charge in [0.2, 0.25) is 5.91 Å². The number of rotatable bonds is 7. The van der Waals surface area contributed by atoms with Crippen LogP contribution in [0.3, 0.4) is 0 Å². The first-order chi connectivity index (χ1) is 11.5. The first-order valence-corrected chi connectivity index (χ1v) is 8.94. The topological polar surface area (TPSA) is 67.6 Å². The third-order valence-electron chi connectivity index (χ3n) is 4.82. The summed E-state index contributed by atoms with van der Waals surface area (Å²) in [6, 6.07) is 7.86. The summed E-state index contributed by atoms with van der Waals surface area (Å²) < 4.78 is 5.25. The maximum atomic E-state index is 12.2. The first kappa shape index (κ1) is 21.7. The van der Waals surface area contributed by atoms with Crippen molar-refractivity contribution in [2.24, 2.45) is 11.7 Å². The maximum Gasteiger partial charge on any atom is 0.237 e. The molecule has 1 fully saturated rings. The molecular formula is C19H32ClN3O2. The van der Waals surface area contributed by atoms with Crippen molar-refractivity contribution in [2.75, 3.05) is 26.7 Å². The predicted molar refractivity (Wildman–Crippen MR) is 104 cm³/mol. The zero-order valence-corrected chi connectivity index (χ0v) is 16.3. The highest BCUT2D eigenvalue weighted by Gasteiger charge is 2.24. The average Bonchev–Trinajstić information content (AvgIpc) is 2.62. The summed E-state index contributed by atoms with van der Waals surface area (Å²) >= 11 is 0. The van der Waals surface area contributed by atoms with E-state index in [2.05, 4.69) is 22.3 Å². The largest absolute Gasteiger partial charge is 0.497 e. The predicted octanol–water partition coefficient (Wildman–Crippen LogP) is 2.74. The fourth-order valence-electron chi connectivity index (χ4n) is 3.13. The van der Waals surface area contributed by atoms with E-state index < -0.39 is 6.04 Å². The van der Waals surface area contributed by atoms with Crippen LogP contribution in [0, 0.1) is 5.92 Å². The second-order valence-corrected chi connectivity index (χ2v) is 6.90. The van der Waals surface area contributed by atoms with Gasteiger partial charge in [0.1, 0.15) is 5.75 Å². The van der Waals surface area contributed by atoms with Gasteiger partial charge in [0.15, 0.2) is 0 Å². The van der Waals surface area contributed by atoms with Crippen LogP contribution in [0.25, 0.3) is 0 Å². The highest BCUT2D eigenvalue weighted by molar-refractivity contribution is 5.85. The normalized spacial score (nSPS) is 17.5. The van der Waals surface area contributed by atoms with Gasteiger partial charge in [0, 0.05) is 6.54 Å². The Morgan fingerprint density at radius 1 is 1.20 bits per heavy atom. The van der Waals surface area contributed by atoms with Crippen LogP contribution in [0.4, 0.5) is 0 Å². The fourth-order valence-corrected chi connectivity index (χ4v) is 3.13. The standard InChI is InChI=1S/C19H31N3O2.ClH/c1-14(2)18(20)19(23)21-13-17(22-11-5-4-6-12-22)15-7-9-16(24-3)10-8-15;/h7-10,14,17-18H,4-6,11-13,20H2,1-3H3,(H,21,23);1H/t17?,18-;/m0./s1. The molecule has 0 aromatic heterocycles. The highest BCUT2D eigenvalue weighted by Crippen LogP contribution is 2.25. The Hall–Kier alpha value is -1.30. The number of hydrogen-bond acceptors (Lipinski definition) is 4. The number of piperidine rings is 1. The van der Waals surface area contributed by atoms with E-state index >= 15 is 0 Å². The van der Waals surface area contributed by atoms with Gasteiger partial charge >= 0.3 is 0 Å². The van der Waals surface area contributed by atoms with Crippen molar-refractivity contribution in [1.29, 1.82) is 0 Å². The third kappa shape index (κ3) is 6.17. The lowest BCUT2D eigenvalue weighted by molar-refractivity contribution is -0.123. The summed E-state index contributed by atoms with van der Waals surface area (Å²) in [5.74, 6) is 0.918. The molecule has 0 bridgehead atoms. The Kier molecular flexibility index (Phi) is 9.25. The van der Waals surface area contributed by atoms with Crippen LogP contribution in [0.1, 0.15) is 44.7 Å². The Bertz CT molecular complexity index is 516. The number of likely N-dealkylation sites (tertiary alicyclic amines) is 1. The summed E-state index contributed by atoms with van der Waals surface area (Å²) in [6.45, 7) is 6.67. The van der Waals surface area contributed by atoms with E-state index in [1.54, 1.807) is 7.11 Å². The molecule has 0 spiro atoms. The molecule has 1 unspecified atom stereocenters. The minimum atomic E-state index is -0.456. The number of methoxy groups -OCH3 is 1. The molecule has 1 heterocycles. The van der Waals surface area contributed by atoms with Crippen LogP contribution >= 0.6 is 12.4 Å². The van der Waals surface area contributed by atoms with E-state index in [1.165, 1.54) is 24.8 Å². The van der Waals surface area contributed by atoms with Gasteiger partial charge in [-0.3, -0.25) is 9.69 Å². The molecule has 25 heavy (non-hydrogen) atoms. The van der Waals surface area contributed by atoms with Crippen LogP contribution in [-0.2, 0) is 4.79 Å². The first-order valence-electron chi connectivity index (χ1n) is 8.94. The number of nitrogens with two attached hydrogens (primary N) is 1. The van der Waals surface area contributed by atoms with Crippen molar-refractivity contribution < 1.29 is 9.53 Å². The fraction of sp³-hybridized carbons (Fsp3) is 0.632. The van der Waals surface area contributed by atoms with Crippen LogP contribution in [0.2, 0.25) is 0 Å². The van der Waals surface area contributed by atoms with Gasteiger partial charge in [-0.1, -0.05) is 32.4 Å². The van der Waals surface area contributed by atoms with E-state index in [-0.39, 0.29) is 30.3 Å². The number of hydrogen-bond donors (Lipinski definition) is 2. The summed E-state index contributed by atoms with van der Waals surface area (Å²) in [7, 11) is 1.67. The van der Waals surface area contributed by atoms with Gasteiger partial charge in [0.25, 0.3) is 0 Å². The number of benzene rings is 1. The molecule has 0 radical (unpaired) electrons. The summed E-state index contributed by atoms with van der Waals surface area (Å²) in [6.07, 6.45) is 3.72. The van der Waals surface area contributed by atoms with Gasteiger partial charge in [-0.15, -0.1) is 12.4 Å². The van der Waals surface area contributed by atoms with Crippen molar-refractivity contribution in [1.82, 2.24) is 10.2 Å². The van der Waals surface area contributed by atoms with E-state index in [4.69, 9.17) is 10.5 Å². The second kappa shape index (κ2) is 10.6. The molecule has 2 rings (SSSR count). The van der Waals surface area contributed by atoms with Crippen molar-refractivity contribution in [3.05, 3.63) is 29.8 Å². The number of carbonyl (C=O) groups is 1. The molecule has 1 amide bonds. The molecule has 6 heteroatoms. The Morgan fingerprint density at radius 3 is 2.32 bits per heavy atom. The van der Waals surface area contributed by atoms with Crippen molar-refractivity contribution >= 4 is 18.3 Å². The summed E-state index contributed by atoms with van der Waals surface area (Å²) in [4.78, 5) is 14.7. The molecule has 5 nitrogen and oxygen atoms in total. The van der Waals surface area contributed by atoms with Gasteiger partial charge in [-0.25, -0.2) is 0 Å². The molecule has 2 atom stereocenters. The van der Waals surface area contributed by atoms with Gasteiger partial charge < -0.3 is 15.8 Å². The number of ether oxygens (including phenoxy) is 1. The SMILES string of the molecule is COc1ccc(C(CNC(=O)[C@@H](N)C(C)C)N2CCCCC2)cc1.Cl. The molecule has 1 aromatic rings. The molecule has 0 saturated carbocycles. The maximum absolute atomic E-state index is 12.2. The van der Waals surface area contributed by atoms with Gasteiger partial charge in [-0.05, 0) is 49.5 Å². The molecule has 1 aliphatic rings. The highest BCUT2D eigenvalue weighted by atomic mass is 35.5. The molecule has 1 aliphatic heterocycles. The second-order valence-electron chi connectivity index (χ2n) is 6.90. The zero-order chi connectivity index (χ0) is 17.5. The lowest BCUT2D eigenvalue weighted by Gasteiger charge is -2.35. The van der Waals surface area contributed by atoms with Gasteiger partial charge in [-0.2, -0.15) is 0 Å². The van der Waals surface area contributed by atoms with E-state index in [0.29, 0.717) is 6.54 Å². The van der Waals surface area contributed by atoms with Crippen molar-refractivity contribution in [3.63, 3.8) is 0 Å². The van der Waals surface area contributed by atoms with Crippen LogP contribution in [0.5, 0.6) is 5.75 Å². The van der Waals surface area contributed by atoms with Crippen LogP contribution in [0.15, 0.2) is 24.3 Å². The zero-order valence-electron chi connectivity index (χ0n) is 15.5. The van der Waals surface area contributed by atoms with Crippen LogP contribution < -0.4 is 15.8 Å². The average molecular weight is 370 g/mol. The summed E-state index contributed by atoms with van der Waals surface area (Å²) in [5, 5.41) is 3.05. The van der Waals surface area contributed by atoms with E-state index in [9.17, 15) is 4.79 Å². The third-order valence-corrected chi connectivity index (χ3v) is 4.82. The lowest BCUT2D eigenvalue weighted by Crippen LogP contribution is -2.47. The minimum absolute atomic E-state index is 0.